The van der Waals surface area contributed by atoms with Crippen LogP contribution in [0.1, 0.15) is 19.3 Å². The molecule has 0 spiro atoms. The third kappa shape index (κ3) is 4.38. The Kier molecular flexibility index (Phi) is 4.19. The van der Waals surface area contributed by atoms with E-state index >= 15 is 0 Å². The van der Waals surface area contributed by atoms with Gasteiger partial charge in [0.25, 0.3) is 0 Å². The molecule has 0 heteroatoms. The highest BCUT2D eigenvalue weighted by molar-refractivity contribution is 5.07. The zero-order chi connectivity index (χ0) is 7.78. The molecule has 57 valence electrons. The first kappa shape index (κ1) is 8.06. The molecule has 0 fully saturated rings. The topological polar surface area (TPSA) is 0 Å². The van der Waals surface area contributed by atoms with Crippen LogP contribution in [0.5, 0.6) is 0 Å². The van der Waals surface area contributed by atoms with Gasteiger partial charge in [-0.2, -0.15) is 0 Å². The van der Waals surface area contributed by atoms with Crippen LogP contribution in [0.2, 0.25) is 0 Å². The molecule has 0 aliphatic heterocycles. The van der Waals surface area contributed by atoms with Gasteiger partial charge < -0.3 is 0 Å². The summed E-state index contributed by atoms with van der Waals surface area (Å²) in [6, 6.07) is 0. The molecule has 0 atom stereocenters. The average molecular weight is 145 g/mol. The van der Waals surface area contributed by atoms with E-state index in [-0.39, 0.29) is 0 Å². The van der Waals surface area contributed by atoms with Crippen LogP contribution in [0.3, 0.4) is 0 Å². The fourth-order valence-electron chi connectivity index (χ4n) is 0.878. The van der Waals surface area contributed by atoms with E-state index in [9.17, 15) is 0 Å². The minimum Gasteiger partial charge on any atom is -0.0842 e. The lowest BCUT2D eigenvalue weighted by Crippen LogP contribution is -1.62. The number of hydrogen-bond donors (Lipinski definition) is 0. The fourth-order valence-corrected chi connectivity index (χ4v) is 0.878. The van der Waals surface area contributed by atoms with Gasteiger partial charge >= 0.3 is 0 Å². The second-order valence-corrected chi connectivity index (χ2v) is 2.44. The molecule has 0 aromatic carbocycles. The summed E-state index contributed by atoms with van der Waals surface area (Å²) >= 11 is 0. The van der Waals surface area contributed by atoms with E-state index in [1.165, 1.54) is 0 Å². The average Bonchev–Trinajstić information content (AvgIpc) is 2.08. The van der Waals surface area contributed by atoms with Gasteiger partial charge in [0.05, 0.1) is 0 Å². The Morgan fingerprint density at radius 1 is 0.909 bits per heavy atom. The van der Waals surface area contributed by atoms with Gasteiger partial charge in [0.15, 0.2) is 0 Å². The maximum absolute atomic E-state index is 3.11. The molecule has 0 N–H and O–H groups in total. The van der Waals surface area contributed by atoms with Crippen molar-refractivity contribution in [2.45, 2.75) is 19.3 Å². The quantitative estimate of drug-likeness (QED) is 0.491. The summed E-state index contributed by atoms with van der Waals surface area (Å²) < 4.78 is 0. The second kappa shape index (κ2) is 5.72. The zero-order valence-corrected chi connectivity index (χ0v) is 6.66. The van der Waals surface area contributed by atoms with Crippen molar-refractivity contribution in [2.24, 2.45) is 0 Å². The Labute approximate surface area is 68.6 Å². The van der Waals surface area contributed by atoms with Crippen LogP contribution < -0.4 is 0 Å². The van der Waals surface area contributed by atoms with Gasteiger partial charge in [0.1, 0.15) is 0 Å². The molecule has 1 radical (unpaired) electrons. The molecule has 0 aromatic rings. The monoisotopic (exact) mass is 145 g/mol. The molecule has 0 unspecified atom stereocenters. The minimum atomic E-state index is 1.01. The van der Waals surface area contributed by atoms with Gasteiger partial charge in [-0.05, 0) is 25.3 Å². The van der Waals surface area contributed by atoms with E-state index in [4.69, 9.17) is 0 Å². The molecule has 0 bridgehead atoms. The van der Waals surface area contributed by atoms with Gasteiger partial charge in [-0.1, -0.05) is 42.5 Å². The van der Waals surface area contributed by atoms with Gasteiger partial charge in [-0.15, -0.1) is 0 Å². The fraction of sp³-hybridized carbons (Fsp3) is 0.273. The van der Waals surface area contributed by atoms with Crippen molar-refractivity contribution in [3.8, 4) is 0 Å². The van der Waals surface area contributed by atoms with Gasteiger partial charge in [0.2, 0.25) is 0 Å². The van der Waals surface area contributed by atoms with Crippen LogP contribution in [0.4, 0.5) is 0 Å². The largest absolute Gasteiger partial charge is 0.0842 e. The molecule has 1 aliphatic rings. The van der Waals surface area contributed by atoms with E-state index < -0.39 is 0 Å². The first-order chi connectivity index (χ1) is 5.50. The summed E-state index contributed by atoms with van der Waals surface area (Å²) in [5.74, 6) is 0. The molecule has 11 heavy (non-hydrogen) atoms. The molecule has 0 saturated heterocycles. The maximum Gasteiger partial charge on any atom is -0.0163 e. The summed E-state index contributed by atoms with van der Waals surface area (Å²) in [7, 11) is 0. The SMILES string of the molecule is [C]1=CCCC=CC=CCC=C1. The molecule has 0 saturated carbocycles. The second-order valence-electron chi connectivity index (χ2n) is 2.44. The van der Waals surface area contributed by atoms with E-state index in [0.717, 1.165) is 19.3 Å². The lowest BCUT2D eigenvalue weighted by atomic mass is 10.2. The number of rotatable bonds is 0. The van der Waals surface area contributed by atoms with E-state index in [1.54, 1.807) is 0 Å². The van der Waals surface area contributed by atoms with Crippen molar-refractivity contribution in [3.63, 3.8) is 0 Å². The van der Waals surface area contributed by atoms with E-state index in [2.05, 4.69) is 42.5 Å². The van der Waals surface area contributed by atoms with Crippen molar-refractivity contribution in [1.29, 1.82) is 0 Å². The van der Waals surface area contributed by atoms with Crippen LogP contribution in [0.25, 0.3) is 0 Å². The summed E-state index contributed by atoms with van der Waals surface area (Å²) in [5.41, 5.74) is 0. The van der Waals surface area contributed by atoms with Gasteiger partial charge in [-0.3, -0.25) is 0 Å². The highest BCUT2D eigenvalue weighted by Gasteiger charge is 1.76. The standard InChI is InChI=1S/C11H13/c1-2-4-6-8-10-11-9-7-5-3-1/h1-4,7,9-10H,5-6,8H2. The lowest BCUT2D eigenvalue weighted by Gasteiger charge is -1.81. The molecule has 0 nitrogen and oxygen atoms in total. The van der Waals surface area contributed by atoms with E-state index in [0.29, 0.717) is 0 Å². The van der Waals surface area contributed by atoms with Crippen molar-refractivity contribution in [2.75, 3.05) is 0 Å². The summed E-state index contributed by atoms with van der Waals surface area (Å²) in [5, 5.41) is 0. The van der Waals surface area contributed by atoms with Crippen LogP contribution in [-0.2, 0) is 0 Å². The number of allylic oxidation sites excluding steroid dienone is 8. The normalized spacial score (nSPS) is 18.2. The minimum absolute atomic E-state index is 1.01. The third-order valence-electron chi connectivity index (χ3n) is 1.47. The predicted molar refractivity (Wildman–Crippen MR) is 49.1 cm³/mol. The molecule has 0 amide bonds. The summed E-state index contributed by atoms with van der Waals surface area (Å²) in [6.45, 7) is 0. The Hall–Kier alpha value is -1.04. The lowest BCUT2D eigenvalue weighted by molar-refractivity contribution is 1.05. The molecular weight excluding hydrogens is 132 g/mol. The Balaban J connectivity index is 2.47. The van der Waals surface area contributed by atoms with E-state index in [1.807, 2.05) is 6.08 Å². The molecule has 1 aliphatic carbocycles. The predicted octanol–water partition coefficient (Wildman–Crippen LogP) is 3.20. The first-order valence-corrected chi connectivity index (χ1v) is 4.04. The highest BCUT2D eigenvalue weighted by Crippen LogP contribution is 1.96. The van der Waals surface area contributed by atoms with Crippen LogP contribution in [0, 0.1) is 6.08 Å². The Morgan fingerprint density at radius 2 is 1.82 bits per heavy atom. The van der Waals surface area contributed by atoms with Crippen molar-refractivity contribution >= 4 is 0 Å². The molecular formula is C11H13. The summed E-state index contributed by atoms with van der Waals surface area (Å²) in [4.78, 5) is 0. The number of hydrogen-bond acceptors (Lipinski definition) is 0. The van der Waals surface area contributed by atoms with Gasteiger partial charge in [0, 0.05) is 0 Å². The molecule has 0 aromatic heterocycles. The molecule has 0 heterocycles. The van der Waals surface area contributed by atoms with Crippen molar-refractivity contribution in [1.82, 2.24) is 0 Å². The van der Waals surface area contributed by atoms with Gasteiger partial charge in [-0.25, -0.2) is 0 Å². The van der Waals surface area contributed by atoms with Crippen LogP contribution >= 0.6 is 0 Å². The van der Waals surface area contributed by atoms with Crippen LogP contribution in [0.15, 0.2) is 42.5 Å². The third-order valence-corrected chi connectivity index (χ3v) is 1.47. The Bertz CT molecular complexity index is 170. The van der Waals surface area contributed by atoms with Crippen LogP contribution in [-0.4, -0.2) is 0 Å². The Morgan fingerprint density at radius 3 is 2.82 bits per heavy atom. The summed E-state index contributed by atoms with van der Waals surface area (Å²) in [6.07, 6.45) is 21.0. The highest BCUT2D eigenvalue weighted by atomic mass is 13.8. The zero-order valence-electron chi connectivity index (χ0n) is 6.66. The maximum atomic E-state index is 3.11. The smallest absolute Gasteiger partial charge is 0.0163 e. The first-order valence-electron chi connectivity index (χ1n) is 4.04. The van der Waals surface area contributed by atoms with Crippen molar-refractivity contribution < 1.29 is 0 Å². The van der Waals surface area contributed by atoms with Crippen molar-refractivity contribution in [3.05, 3.63) is 48.6 Å². The molecule has 1 rings (SSSR count).